The number of carbonyl (C=O) groups is 1. The van der Waals surface area contributed by atoms with Crippen LogP contribution in [0.5, 0.6) is 0 Å². The van der Waals surface area contributed by atoms with Gasteiger partial charge in [0.25, 0.3) is 0 Å². The van der Waals surface area contributed by atoms with Crippen LogP contribution in [0.15, 0.2) is 4.60 Å². The summed E-state index contributed by atoms with van der Waals surface area (Å²) in [4.78, 5) is 19.0. The zero-order chi connectivity index (χ0) is 10.1. The minimum atomic E-state index is -1.06. The van der Waals surface area contributed by atoms with Crippen molar-refractivity contribution in [3.8, 4) is 0 Å². The summed E-state index contributed by atoms with van der Waals surface area (Å²) in [6.45, 7) is 1.45. The number of carboxylic acid groups (broad SMARTS) is 1. The monoisotopic (exact) mass is 257 g/mol. The Labute approximate surface area is 88.7 Å². The van der Waals surface area contributed by atoms with E-state index in [0.717, 1.165) is 24.4 Å². The van der Waals surface area contributed by atoms with Crippen LogP contribution < -0.4 is 5.32 Å². The lowest BCUT2D eigenvalue weighted by atomic mass is 10.1. The van der Waals surface area contributed by atoms with E-state index in [4.69, 9.17) is 5.11 Å². The Kier molecular flexibility index (Phi) is 2.47. The second-order valence-electron chi connectivity index (χ2n) is 2.99. The van der Waals surface area contributed by atoms with Crippen LogP contribution in [-0.2, 0) is 13.0 Å². The van der Waals surface area contributed by atoms with E-state index in [2.05, 4.69) is 31.2 Å². The highest BCUT2D eigenvalue weighted by molar-refractivity contribution is 9.10. The van der Waals surface area contributed by atoms with Crippen molar-refractivity contribution in [1.29, 1.82) is 0 Å². The molecule has 74 valence electrons. The van der Waals surface area contributed by atoms with Gasteiger partial charge in [0.1, 0.15) is 4.60 Å². The molecule has 0 amide bonds. The Bertz CT molecular complexity index is 394. The third kappa shape index (κ3) is 1.62. The largest absolute Gasteiger partial charge is 0.476 e. The normalized spacial score (nSPS) is 14.9. The highest BCUT2D eigenvalue weighted by Gasteiger charge is 2.18. The summed E-state index contributed by atoms with van der Waals surface area (Å²) < 4.78 is 0.311. The molecule has 0 fully saturated rings. The summed E-state index contributed by atoms with van der Waals surface area (Å²) in [6, 6.07) is 0. The van der Waals surface area contributed by atoms with Gasteiger partial charge in [-0.3, -0.25) is 0 Å². The third-order valence-corrected chi connectivity index (χ3v) is 2.59. The first-order valence-electron chi connectivity index (χ1n) is 4.18. The van der Waals surface area contributed by atoms with E-state index in [0.29, 0.717) is 11.1 Å². The van der Waals surface area contributed by atoms with Crippen molar-refractivity contribution in [3.63, 3.8) is 0 Å². The first-order valence-corrected chi connectivity index (χ1v) is 4.97. The third-order valence-electron chi connectivity index (χ3n) is 2.04. The van der Waals surface area contributed by atoms with E-state index in [9.17, 15) is 4.79 Å². The number of nitrogens with zero attached hydrogens (tertiary/aromatic N) is 2. The fraction of sp³-hybridized carbons (Fsp3) is 0.375. The SMILES string of the molecule is O=C(O)c1nc2c(nc1Br)CCNC2. The summed E-state index contributed by atoms with van der Waals surface area (Å²) >= 11 is 3.10. The number of aromatic carboxylic acids is 1. The van der Waals surface area contributed by atoms with Gasteiger partial charge in [-0.2, -0.15) is 0 Å². The number of fused-ring (bicyclic) bond motifs is 1. The van der Waals surface area contributed by atoms with Crippen molar-refractivity contribution in [2.45, 2.75) is 13.0 Å². The summed E-state index contributed by atoms with van der Waals surface area (Å²) in [5.74, 6) is -1.06. The van der Waals surface area contributed by atoms with Gasteiger partial charge in [-0.1, -0.05) is 0 Å². The van der Waals surface area contributed by atoms with Crippen molar-refractivity contribution >= 4 is 21.9 Å². The number of hydrogen-bond acceptors (Lipinski definition) is 4. The van der Waals surface area contributed by atoms with Crippen molar-refractivity contribution in [2.75, 3.05) is 6.54 Å². The predicted octanol–water partition coefficient (Wildman–Crippen LogP) is 0.583. The molecule has 1 aromatic heterocycles. The van der Waals surface area contributed by atoms with Gasteiger partial charge in [0.05, 0.1) is 11.4 Å². The lowest BCUT2D eigenvalue weighted by molar-refractivity contribution is 0.0688. The minimum absolute atomic E-state index is 0.0209. The van der Waals surface area contributed by atoms with E-state index in [1.165, 1.54) is 0 Å². The van der Waals surface area contributed by atoms with Crippen LogP contribution in [0.2, 0.25) is 0 Å². The zero-order valence-corrected chi connectivity index (χ0v) is 8.84. The van der Waals surface area contributed by atoms with E-state index in [-0.39, 0.29) is 5.69 Å². The van der Waals surface area contributed by atoms with Gasteiger partial charge in [0.2, 0.25) is 0 Å². The minimum Gasteiger partial charge on any atom is -0.476 e. The molecule has 0 atom stereocenters. The Balaban J connectivity index is 2.50. The van der Waals surface area contributed by atoms with Gasteiger partial charge in [0.15, 0.2) is 5.69 Å². The van der Waals surface area contributed by atoms with Gasteiger partial charge in [-0.05, 0) is 15.9 Å². The molecule has 0 unspecified atom stereocenters. The second kappa shape index (κ2) is 3.62. The van der Waals surface area contributed by atoms with Crippen LogP contribution in [0.3, 0.4) is 0 Å². The maximum atomic E-state index is 10.8. The number of nitrogens with one attached hydrogen (secondary N) is 1. The molecule has 0 saturated carbocycles. The Morgan fingerprint density at radius 1 is 1.43 bits per heavy atom. The summed E-state index contributed by atoms with van der Waals surface area (Å²) in [5.41, 5.74) is 1.59. The first-order chi connectivity index (χ1) is 6.68. The molecular formula is C8H8BrN3O2. The Morgan fingerprint density at radius 3 is 2.93 bits per heavy atom. The van der Waals surface area contributed by atoms with E-state index in [1.54, 1.807) is 0 Å². The molecule has 14 heavy (non-hydrogen) atoms. The number of aromatic nitrogens is 2. The number of halogens is 1. The molecule has 2 rings (SSSR count). The molecule has 6 heteroatoms. The van der Waals surface area contributed by atoms with Gasteiger partial charge < -0.3 is 10.4 Å². The standard InChI is InChI=1S/C8H8BrN3O2/c9-7-6(8(13)14)11-5-3-10-2-1-4(5)12-7/h10H,1-3H2,(H,13,14). The summed E-state index contributed by atoms with van der Waals surface area (Å²) in [7, 11) is 0. The molecule has 1 aliphatic rings. The predicted molar refractivity (Wildman–Crippen MR) is 52.1 cm³/mol. The van der Waals surface area contributed by atoms with Crippen molar-refractivity contribution in [1.82, 2.24) is 15.3 Å². The van der Waals surface area contributed by atoms with Gasteiger partial charge in [0, 0.05) is 19.5 Å². The van der Waals surface area contributed by atoms with Crippen molar-refractivity contribution in [2.24, 2.45) is 0 Å². The molecule has 1 aliphatic heterocycles. The lowest BCUT2D eigenvalue weighted by Crippen LogP contribution is -2.26. The number of carboxylic acids is 1. The molecule has 2 heterocycles. The Morgan fingerprint density at radius 2 is 2.21 bits per heavy atom. The van der Waals surface area contributed by atoms with Crippen LogP contribution in [0, 0.1) is 0 Å². The molecule has 0 radical (unpaired) electrons. The average molecular weight is 258 g/mol. The van der Waals surface area contributed by atoms with Crippen LogP contribution in [0.1, 0.15) is 21.9 Å². The topological polar surface area (TPSA) is 75.1 Å². The van der Waals surface area contributed by atoms with E-state index >= 15 is 0 Å². The van der Waals surface area contributed by atoms with Gasteiger partial charge in [-0.25, -0.2) is 14.8 Å². The highest BCUT2D eigenvalue weighted by atomic mass is 79.9. The smallest absolute Gasteiger partial charge is 0.357 e. The Hall–Kier alpha value is -1.01. The zero-order valence-electron chi connectivity index (χ0n) is 7.25. The van der Waals surface area contributed by atoms with Crippen molar-refractivity contribution in [3.05, 3.63) is 21.7 Å². The van der Waals surface area contributed by atoms with E-state index < -0.39 is 5.97 Å². The molecule has 0 saturated heterocycles. The van der Waals surface area contributed by atoms with E-state index in [1.807, 2.05) is 0 Å². The highest BCUT2D eigenvalue weighted by Crippen LogP contribution is 2.17. The average Bonchev–Trinajstić information content (AvgIpc) is 2.16. The molecule has 0 spiro atoms. The first kappa shape index (κ1) is 9.54. The maximum Gasteiger partial charge on any atom is 0.357 e. The van der Waals surface area contributed by atoms with Crippen LogP contribution in [0.4, 0.5) is 0 Å². The number of rotatable bonds is 1. The molecule has 5 nitrogen and oxygen atoms in total. The summed E-state index contributed by atoms with van der Waals surface area (Å²) in [6.07, 6.45) is 0.792. The maximum absolute atomic E-state index is 10.8. The molecule has 0 aromatic carbocycles. The fourth-order valence-electron chi connectivity index (χ4n) is 1.37. The quantitative estimate of drug-likeness (QED) is 0.770. The van der Waals surface area contributed by atoms with Crippen LogP contribution in [0.25, 0.3) is 0 Å². The van der Waals surface area contributed by atoms with Crippen LogP contribution >= 0.6 is 15.9 Å². The molecular weight excluding hydrogens is 250 g/mol. The lowest BCUT2D eigenvalue weighted by Gasteiger charge is -2.15. The molecule has 1 aromatic rings. The molecule has 0 aliphatic carbocycles. The second-order valence-corrected chi connectivity index (χ2v) is 3.74. The fourth-order valence-corrected chi connectivity index (χ4v) is 1.85. The van der Waals surface area contributed by atoms with Gasteiger partial charge in [-0.15, -0.1) is 0 Å². The molecule has 2 N–H and O–H groups in total. The summed E-state index contributed by atoms with van der Waals surface area (Å²) in [5, 5.41) is 11.9. The molecule has 0 bridgehead atoms. The van der Waals surface area contributed by atoms with Crippen molar-refractivity contribution < 1.29 is 9.90 Å². The number of hydrogen-bond donors (Lipinski definition) is 2. The van der Waals surface area contributed by atoms with Gasteiger partial charge >= 0.3 is 5.97 Å². The van der Waals surface area contributed by atoms with Crippen LogP contribution in [-0.4, -0.2) is 27.6 Å².